The Balaban J connectivity index is 2.27. The molecule has 0 atom stereocenters. The molecule has 3 aromatic rings. The van der Waals surface area contributed by atoms with Crippen LogP contribution >= 0.6 is 12.2 Å². The van der Waals surface area contributed by atoms with Gasteiger partial charge in [0.1, 0.15) is 0 Å². The van der Waals surface area contributed by atoms with E-state index in [1.807, 2.05) is 25.3 Å². The van der Waals surface area contributed by atoms with Gasteiger partial charge in [0.25, 0.3) is 0 Å². The zero-order valence-electron chi connectivity index (χ0n) is 9.25. The number of aromatic nitrogens is 2. The molecule has 0 spiro atoms. The van der Waals surface area contributed by atoms with Crippen molar-refractivity contribution < 1.29 is 0 Å². The van der Waals surface area contributed by atoms with Gasteiger partial charge in [0, 0.05) is 0 Å². The normalized spacial score (nSPS) is 10.9. The molecule has 0 fully saturated rings. The van der Waals surface area contributed by atoms with Crippen molar-refractivity contribution in [2.75, 3.05) is 0 Å². The molecule has 2 aromatic heterocycles. The maximum absolute atomic E-state index is 5.51. The van der Waals surface area contributed by atoms with Gasteiger partial charge in [-0.25, -0.2) is 0 Å². The third-order valence-electron chi connectivity index (χ3n) is 2.60. The van der Waals surface area contributed by atoms with E-state index in [1.165, 1.54) is 15.2 Å². The molecule has 0 aliphatic rings. The predicted molar refractivity (Wildman–Crippen MR) is 73.6 cm³/mol. The number of aryl methyl sites for hydroxylation is 1. The van der Waals surface area contributed by atoms with Gasteiger partial charge in [-0.3, -0.25) is 0 Å². The fourth-order valence-corrected chi connectivity index (χ4v) is 4.37. The molecule has 84 valence electrons. The van der Waals surface area contributed by atoms with Crippen molar-refractivity contribution in [2.45, 2.75) is 6.92 Å². The van der Waals surface area contributed by atoms with Crippen molar-refractivity contribution in [3.05, 3.63) is 52.8 Å². The first-order valence-electron chi connectivity index (χ1n) is 5.30. The van der Waals surface area contributed by atoms with E-state index in [4.69, 9.17) is 12.2 Å². The summed E-state index contributed by atoms with van der Waals surface area (Å²) in [6.07, 6.45) is 1.89. The zero-order chi connectivity index (χ0) is 11.8. The Kier molecular flexibility index (Phi) is 2.71. The van der Waals surface area contributed by atoms with Gasteiger partial charge in [-0.2, -0.15) is 0 Å². The van der Waals surface area contributed by atoms with Crippen LogP contribution in [0.4, 0.5) is 0 Å². The van der Waals surface area contributed by atoms with Crippen LogP contribution in [-0.4, -0.2) is 23.3 Å². The molecule has 1 aromatic carbocycles. The molecular formula is C13H10N2SSe. The molecule has 4 heteroatoms. The van der Waals surface area contributed by atoms with E-state index < -0.39 is 0 Å². The summed E-state index contributed by atoms with van der Waals surface area (Å²) in [5.41, 5.74) is 1.17. The van der Waals surface area contributed by atoms with E-state index in [9.17, 15) is 0 Å². The van der Waals surface area contributed by atoms with Crippen LogP contribution in [0.5, 0.6) is 0 Å². The van der Waals surface area contributed by atoms with Crippen molar-refractivity contribution in [1.29, 1.82) is 0 Å². The maximum atomic E-state index is 5.51. The Bertz CT molecular complexity index is 725. The van der Waals surface area contributed by atoms with Crippen LogP contribution in [0.2, 0.25) is 0 Å². The molecule has 17 heavy (non-hydrogen) atoms. The number of hydrogen-bond donors (Lipinski definition) is 0. The molecule has 0 aliphatic carbocycles. The van der Waals surface area contributed by atoms with Crippen LogP contribution in [0.25, 0.3) is 15.5 Å². The van der Waals surface area contributed by atoms with Crippen molar-refractivity contribution >= 4 is 36.6 Å². The Labute approximate surface area is 111 Å². The molecule has 0 saturated heterocycles. The fourth-order valence-electron chi connectivity index (χ4n) is 1.70. The van der Waals surface area contributed by atoms with Crippen LogP contribution < -0.4 is 0 Å². The van der Waals surface area contributed by atoms with Crippen LogP contribution in [0.1, 0.15) is 5.56 Å². The number of rotatable bonds is 1. The summed E-state index contributed by atoms with van der Waals surface area (Å²) in [6, 6.07) is 12.4. The number of fused-ring (bicyclic) bond motifs is 1. The molecule has 0 bridgehead atoms. The van der Waals surface area contributed by atoms with Gasteiger partial charge in [0.2, 0.25) is 0 Å². The molecule has 2 heterocycles. The van der Waals surface area contributed by atoms with E-state index in [2.05, 4.69) is 32.8 Å². The summed E-state index contributed by atoms with van der Waals surface area (Å²) in [5.74, 6) is 0.955. The number of benzene rings is 1. The Morgan fingerprint density at radius 2 is 2.00 bits per heavy atom. The monoisotopic (exact) mass is 306 g/mol. The van der Waals surface area contributed by atoms with Crippen LogP contribution in [0.3, 0.4) is 0 Å². The quantitative estimate of drug-likeness (QED) is 0.508. The molecule has 0 aliphatic heterocycles. The Hall–Kier alpha value is -1.22. The van der Waals surface area contributed by atoms with E-state index >= 15 is 0 Å². The Morgan fingerprint density at radius 3 is 2.71 bits per heavy atom. The number of hydrogen-bond acceptors (Lipinski definition) is 2. The van der Waals surface area contributed by atoms with Crippen molar-refractivity contribution in [3.8, 4) is 5.82 Å². The number of nitrogens with zero attached hydrogens (tertiary/aromatic N) is 2. The van der Waals surface area contributed by atoms with Crippen LogP contribution in [-0.2, 0) is 0 Å². The average Bonchev–Trinajstić information content (AvgIpc) is 2.69. The second-order valence-electron chi connectivity index (χ2n) is 3.88. The van der Waals surface area contributed by atoms with Gasteiger partial charge in [-0.05, 0) is 0 Å². The minimum absolute atomic E-state index is 0.218. The molecule has 0 N–H and O–H groups in total. The van der Waals surface area contributed by atoms with Gasteiger partial charge in [-0.15, -0.1) is 0 Å². The fraction of sp³-hybridized carbons (Fsp3) is 0.0769. The van der Waals surface area contributed by atoms with E-state index in [0.29, 0.717) is 0 Å². The molecule has 0 amide bonds. The topological polar surface area (TPSA) is 17.8 Å². The SMILES string of the molecule is Cc1ccc(-n2[se]c3ccccc3c2=S)nc1. The van der Waals surface area contributed by atoms with Gasteiger partial charge < -0.3 is 0 Å². The minimum atomic E-state index is 0.218. The molecule has 0 radical (unpaired) electrons. The van der Waals surface area contributed by atoms with Gasteiger partial charge in [-0.1, -0.05) is 0 Å². The first-order valence-corrected chi connectivity index (χ1v) is 7.33. The second kappa shape index (κ2) is 4.22. The van der Waals surface area contributed by atoms with Gasteiger partial charge in [0.05, 0.1) is 0 Å². The van der Waals surface area contributed by atoms with Gasteiger partial charge >= 0.3 is 111 Å². The van der Waals surface area contributed by atoms with Crippen molar-refractivity contribution in [1.82, 2.24) is 8.55 Å². The summed E-state index contributed by atoms with van der Waals surface area (Å²) in [7, 11) is 0. The average molecular weight is 305 g/mol. The van der Waals surface area contributed by atoms with E-state index in [-0.39, 0.29) is 14.7 Å². The van der Waals surface area contributed by atoms with Crippen LogP contribution in [0.15, 0.2) is 42.6 Å². The molecule has 0 saturated carbocycles. The third-order valence-corrected chi connectivity index (χ3v) is 5.58. The van der Waals surface area contributed by atoms with Crippen molar-refractivity contribution in [2.24, 2.45) is 0 Å². The number of pyridine rings is 1. The molecule has 0 unspecified atom stereocenters. The summed E-state index contributed by atoms with van der Waals surface area (Å²) in [4.78, 5) is 4.45. The molecule has 3 rings (SSSR count). The summed E-state index contributed by atoms with van der Waals surface area (Å²) < 4.78 is 4.39. The summed E-state index contributed by atoms with van der Waals surface area (Å²) >= 11 is 5.73. The first kappa shape index (κ1) is 10.9. The Morgan fingerprint density at radius 1 is 1.18 bits per heavy atom. The molecule has 2 nitrogen and oxygen atoms in total. The zero-order valence-corrected chi connectivity index (χ0v) is 11.8. The van der Waals surface area contributed by atoms with E-state index in [0.717, 1.165) is 10.5 Å². The predicted octanol–water partition coefficient (Wildman–Crippen LogP) is 3.12. The third kappa shape index (κ3) is 1.89. The van der Waals surface area contributed by atoms with Crippen LogP contribution in [0, 0.1) is 11.6 Å². The van der Waals surface area contributed by atoms with Crippen molar-refractivity contribution in [3.63, 3.8) is 0 Å². The summed E-state index contributed by atoms with van der Waals surface area (Å²) in [6.45, 7) is 2.04. The molecular weight excluding hydrogens is 295 g/mol. The second-order valence-corrected chi connectivity index (χ2v) is 6.34. The van der Waals surface area contributed by atoms with Gasteiger partial charge in [0.15, 0.2) is 0 Å². The standard InChI is InChI=1S/C13H10N2SSe/c1-9-6-7-12(14-8-9)15-13(16)10-4-2-3-5-11(10)17-15/h2-8H,1H3. The summed E-state index contributed by atoms with van der Waals surface area (Å²) in [5, 5.41) is 1.19. The first-order chi connectivity index (χ1) is 8.25. The van der Waals surface area contributed by atoms with E-state index in [1.54, 1.807) is 0 Å².